The Morgan fingerprint density at radius 3 is 2.07 bits per heavy atom. The maximum Gasteiger partial charge on any atom is 0.471 e. The van der Waals surface area contributed by atoms with Crippen LogP contribution in [0.25, 0.3) is 0 Å². The number of halogens is 4. The average molecular weight is 236 g/mol. The molecule has 0 saturated carbocycles. The second kappa shape index (κ2) is 5.66. The first-order valence-corrected chi connectivity index (χ1v) is 3.17. The largest absolute Gasteiger partial charge is 0.471 e. The highest BCUT2D eigenvalue weighted by atomic mass is 35.5. The number of nitrogens with two attached hydrogens (primary N) is 1. The average Bonchev–Trinajstić information content (AvgIpc) is 2.01. The fourth-order valence-electron chi connectivity index (χ4n) is 0.469. The lowest BCUT2D eigenvalue weighted by Gasteiger charge is -2.13. The molecule has 2 amide bonds. The van der Waals surface area contributed by atoms with Crippen LogP contribution in [0.4, 0.5) is 13.2 Å². The Morgan fingerprint density at radius 2 is 1.79 bits per heavy atom. The van der Waals surface area contributed by atoms with E-state index in [1.165, 1.54) is 5.32 Å². The van der Waals surface area contributed by atoms with E-state index in [1.54, 1.807) is 5.43 Å². The molecule has 0 aromatic heterocycles. The van der Waals surface area contributed by atoms with Crippen LogP contribution in [0.1, 0.15) is 6.92 Å². The molecular formula is C5H9ClF3N3O2. The smallest absolute Gasteiger partial charge is 0.337 e. The summed E-state index contributed by atoms with van der Waals surface area (Å²) in [5.41, 5.74) is 1.60. The molecule has 14 heavy (non-hydrogen) atoms. The predicted molar refractivity (Wildman–Crippen MR) is 43.2 cm³/mol. The molecule has 0 aromatic carbocycles. The summed E-state index contributed by atoms with van der Waals surface area (Å²) in [7, 11) is 0. The molecule has 0 aliphatic carbocycles. The number of rotatable bonds is 2. The minimum atomic E-state index is -5.00. The van der Waals surface area contributed by atoms with Crippen molar-refractivity contribution in [3.8, 4) is 0 Å². The summed E-state index contributed by atoms with van der Waals surface area (Å²) in [6, 6.07) is -1.32. The van der Waals surface area contributed by atoms with E-state index >= 15 is 0 Å². The molecule has 0 radical (unpaired) electrons. The Balaban J connectivity index is 0. The van der Waals surface area contributed by atoms with Gasteiger partial charge >= 0.3 is 12.1 Å². The van der Waals surface area contributed by atoms with Crippen molar-refractivity contribution in [2.45, 2.75) is 19.1 Å². The van der Waals surface area contributed by atoms with Crippen LogP contribution in [0.3, 0.4) is 0 Å². The van der Waals surface area contributed by atoms with Crippen LogP contribution in [0.2, 0.25) is 0 Å². The van der Waals surface area contributed by atoms with Gasteiger partial charge in [-0.25, -0.2) is 5.84 Å². The van der Waals surface area contributed by atoms with Crippen molar-refractivity contribution in [1.29, 1.82) is 0 Å². The Kier molecular flexibility index (Phi) is 6.24. The molecule has 9 heteroatoms. The number of hydrogen-bond donors (Lipinski definition) is 3. The van der Waals surface area contributed by atoms with Gasteiger partial charge in [0.2, 0.25) is 0 Å². The van der Waals surface area contributed by atoms with Crippen molar-refractivity contribution in [3.05, 3.63) is 0 Å². The summed E-state index contributed by atoms with van der Waals surface area (Å²) in [6.07, 6.45) is -5.00. The summed E-state index contributed by atoms with van der Waals surface area (Å²) in [5, 5.41) is 1.41. The second-order valence-electron chi connectivity index (χ2n) is 2.20. The van der Waals surface area contributed by atoms with Gasteiger partial charge in [-0.1, -0.05) is 0 Å². The third-order valence-electron chi connectivity index (χ3n) is 1.14. The zero-order valence-corrected chi connectivity index (χ0v) is 7.83. The van der Waals surface area contributed by atoms with E-state index < -0.39 is 24.0 Å². The maximum absolute atomic E-state index is 11.6. The molecule has 4 N–H and O–H groups in total. The molecule has 1 atom stereocenters. The molecule has 0 spiro atoms. The fraction of sp³-hybridized carbons (Fsp3) is 0.600. The van der Waals surface area contributed by atoms with Crippen molar-refractivity contribution in [2.75, 3.05) is 0 Å². The lowest BCUT2D eigenvalue weighted by atomic mass is 10.3. The maximum atomic E-state index is 11.6. The van der Waals surface area contributed by atoms with E-state index in [0.717, 1.165) is 6.92 Å². The van der Waals surface area contributed by atoms with Gasteiger partial charge in [-0.15, -0.1) is 12.4 Å². The molecule has 84 valence electrons. The fourth-order valence-corrected chi connectivity index (χ4v) is 0.469. The van der Waals surface area contributed by atoms with Crippen molar-refractivity contribution in [3.63, 3.8) is 0 Å². The summed E-state index contributed by atoms with van der Waals surface area (Å²) in [5.74, 6) is 1.54. The number of alkyl halides is 3. The van der Waals surface area contributed by atoms with E-state index in [0.29, 0.717) is 0 Å². The Bertz CT molecular complexity index is 221. The van der Waals surface area contributed by atoms with Crippen LogP contribution >= 0.6 is 12.4 Å². The lowest BCUT2D eigenvalue weighted by Crippen LogP contribution is -2.50. The van der Waals surface area contributed by atoms with Gasteiger partial charge in [-0.3, -0.25) is 15.0 Å². The van der Waals surface area contributed by atoms with Gasteiger partial charge in [0.15, 0.2) is 0 Å². The molecule has 0 bridgehead atoms. The van der Waals surface area contributed by atoms with Crippen LogP contribution < -0.4 is 16.6 Å². The van der Waals surface area contributed by atoms with Crippen LogP contribution in [0, 0.1) is 0 Å². The van der Waals surface area contributed by atoms with E-state index in [4.69, 9.17) is 0 Å². The first kappa shape index (κ1) is 15.5. The van der Waals surface area contributed by atoms with E-state index in [-0.39, 0.29) is 12.4 Å². The van der Waals surface area contributed by atoms with Gasteiger partial charge in [0.1, 0.15) is 6.04 Å². The first-order valence-electron chi connectivity index (χ1n) is 3.17. The van der Waals surface area contributed by atoms with Crippen LogP contribution in [-0.4, -0.2) is 24.0 Å². The van der Waals surface area contributed by atoms with Gasteiger partial charge in [-0.05, 0) is 6.92 Å². The van der Waals surface area contributed by atoms with Crippen molar-refractivity contribution >= 4 is 24.2 Å². The lowest BCUT2D eigenvalue weighted by molar-refractivity contribution is -0.174. The summed E-state index contributed by atoms with van der Waals surface area (Å²) >= 11 is 0. The van der Waals surface area contributed by atoms with Crippen molar-refractivity contribution in [1.82, 2.24) is 10.7 Å². The third kappa shape index (κ3) is 4.87. The second-order valence-corrected chi connectivity index (χ2v) is 2.20. The van der Waals surface area contributed by atoms with E-state index in [2.05, 4.69) is 5.84 Å². The quantitative estimate of drug-likeness (QED) is 0.342. The number of hydrogen-bond acceptors (Lipinski definition) is 3. The highest BCUT2D eigenvalue weighted by Crippen LogP contribution is 2.14. The van der Waals surface area contributed by atoms with Crippen molar-refractivity contribution in [2.24, 2.45) is 5.84 Å². The highest BCUT2D eigenvalue weighted by molar-refractivity contribution is 5.89. The van der Waals surface area contributed by atoms with Crippen LogP contribution in [0.15, 0.2) is 0 Å². The zero-order chi connectivity index (χ0) is 10.6. The molecule has 0 rings (SSSR count). The molecule has 0 heterocycles. The molecule has 0 aliphatic heterocycles. The summed E-state index contributed by atoms with van der Waals surface area (Å²) in [4.78, 5) is 20.8. The number of carbonyl (C=O) groups is 2. The monoisotopic (exact) mass is 235 g/mol. The number of carbonyl (C=O) groups excluding carboxylic acids is 2. The standard InChI is InChI=1S/C5H8F3N3O2.ClH/c1-2(3(12)11-9)10-4(13)5(6,7)8;/h2H,9H2,1H3,(H,10,13)(H,11,12);1H. The predicted octanol–water partition coefficient (Wildman–Crippen LogP) is -0.535. The Labute approximate surface area is 83.6 Å². The van der Waals surface area contributed by atoms with Gasteiger partial charge in [0.05, 0.1) is 0 Å². The van der Waals surface area contributed by atoms with Crippen LogP contribution in [0.5, 0.6) is 0 Å². The molecule has 0 saturated heterocycles. The molecule has 0 aliphatic rings. The molecule has 0 aromatic rings. The summed E-state index contributed by atoms with van der Waals surface area (Å²) < 4.78 is 34.8. The Hall–Kier alpha value is -1.02. The normalized spacial score (nSPS) is 12.4. The molecular weight excluding hydrogens is 227 g/mol. The van der Waals surface area contributed by atoms with Gasteiger partial charge < -0.3 is 5.32 Å². The third-order valence-corrected chi connectivity index (χ3v) is 1.14. The van der Waals surface area contributed by atoms with Gasteiger partial charge in [0.25, 0.3) is 5.91 Å². The topological polar surface area (TPSA) is 84.2 Å². The first-order chi connectivity index (χ1) is 5.79. The van der Waals surface area contributed by atoms with E-state index in [1.807, 2.05) is 0 Å². The van der Waals surface area contributed by atoms with Gasteiger partial charge in [-0.2, -0.15) is 13.2 Å². The SMILES string of the molecule is CC(NC(=O)C(F)(F)F)C(=O)NN.Cl. The van der Waals surface area contributed by atoms with Crippen LogP contribution in [-0.2, 0) is 9.59 Å². The minimum absolute atomic E-state index is 0. The zero-order valence-electron chi connectivity index (χ0n) is 7.01. The van der Waals surface area contributed by atoms with Crippen molar-refractivity contribution < 1.29 is 22.8 Å². The molecule has 5 nitrogen and oxygen atoms in total. The molecule has 0 fully saturated rings. The van der Waals surface area contributed by atoms with Gasteiger partial charge in [0, 0.05) is 0 Å². The highest BCUT2D eigenvalue weighted by Gasteiger charge is 2.39. The summed E-state index contributed by atoms with van der Waals surface area (Å²) in [6.45, 7) is 1.08. The molecule has 1 unspecified atom stereocenters. The number of hydrazine groups is 1. The van der Waals surface area contributed by atoms with E-state index in [9.17, 15) is 22.8 Å². The minimum Gasteiger partial charge on any atom is -0.337 e. The number of amides is 2. The Morgan fingerprint density at radius 1 is 1.36 bits per heavy atom. The number of nitrogens with one attached hydrogen (secondary N) is 2.